The first-order valence-electron chi connectivity index (χ1n) is 6.02. The summed E-state index contributed by atoms with van der Waals surface area (Å²) in [6.07, 6.45) is 3.71. The van der Waals surface area contributed by atoms with Crippen molar-refractivity contribution in [3.05, 3.63) is 29.6 Å². The second-order valence-corrected chi connectivity index (χ2v) is 4.52. The van der Waals surface area contributed by atoms with Crippen LogP contribution in [-0.2, 0) is 13.6 Å². The van der Waals surface area contributed by atoms with Crippen LogP contribution in [0.5, 0.6) is 0 Å². The van der Waals surface area contributed by atoms with Crippen LogP contribution < -0.4 is 16.2 Å². The highest BCUT2D eigenvalue weighted by Gasteiger charge is 2.14. The third-order valence-electron chi connectivity index (χ3n) is 3.03. The number of aromatic nitrogens is 4. The van der Waals surface area contributed by atoms with E-state index in [1.807, 2.05) is 43.6 Å². The van der Waals surface area contributed by atoms with Gasteiger partial charge in [0, 0.05) is 32.1 Å². The van der Waals surface area contributed by atoms with E-state index < -0.39 is 0 Å². The molecule has 0 aliphatic rings. The van der Waals surface area contributed by atoms with E-state index in [2.05, 4.69) is 20.4 Å². The van der Waals surface area contributed by atoms with Gasteiger partial charge in [0.25, 0.3) is 0 Å². The first-order valence-corrected chi connectivity index (χ1v) is 6.02. The Morgan fingerprint density at radius 2 is 2.11 bits per heavy atom. The van der Waals surface area contributed by atoms with E-state index in [0.29, 0.717) is 18.2 Å². The van der Waals surface area contributed by atoms with Crippen LogP contribution >= 0.6 is 0 Å². The van der Waals surface area contributed by atoms with Crippen molar-refractivity contribution in [3.63, 3.8) is 0 Å². The molecule has 2 aromatic heterocycles. The molecule has 3 N–H and O–H groups in total. The van der Waals surface area contributed by atoms with Crippen LogP contribution in [0.1, 0.15) is 17.2 Å². The Balaban J connectivity index is 2.31. The molecule has 102 valence electrons. The Kier molecular flexibility index (Phi) is 3.66. The van der Waals surface area contributed by atoms with E-state index in [0.717, 1.165) is 17.2 Å². The minimum atomic E-state index is 0.647. The molecule has 0 bridgehead atoms. The van der Waals surface area contributed by atoms with E-state index >= 15 is 0 Å². The van der Waals surface area contributed by atoms with Crippen LogP contribution in [0.25, 0.3) is 0 Å². The number of rotatable bonds is 4. The Morgan fingerprint density at radius 3 is 2.68 bits per heavy atom. The molecule has 0 radical (unpaired) electrons. The van der Waals surface area contributed by atoms with Crippen molar-refractivity contribution in [1.29, 1.82) is 0 Å². The fourth-order valence-corrected chi connectivity index (χ4v) is 1.96. The fourth-order valence-electron chi connectivity index (χ4n) is 1.96. The van der Waals surface area contributed by atoms with Gasteiger partial charge in [-0.05, 0) is 13.8 Å². The van der Waals surface area contributed by atoms with Crippen molar-refractivity contribution in [2.24, 2.45) is 12.9 Å². The lowest BCUT2D eigenvalue weighted by Gasteiger charge is -2.21. The average Bonchev–Trinajstić information content (AvgIpc) is 2.77. The lowest BCUT2D eigenvalue weighted by atomic mass is 10.3. The predicted octanol–water partition coefficient (Wildman–Crippen LogP) is 0.749. The van der Waals surface area contributed by atoms with Gasteiger partial charge < -0.3 is 14.9 Å². The van der Waals surface area contributed by atoms with Gasteiger partial charge in [0.2, 0.25) is 0 Å². The van der Waals surface area contributed by atoms with Gasteiger partial charge in [0.15, 0.2) is 0 Å². The van der Waals surface area contributed by atoms with Crippen molar-refractivity contribution in [1.82, 2.24) is 19.5 Å². The molecule has 0 fully saturated rings. The molecule has 0 unspecified atom stereocenters. The number of aryl methyl sites for hydroxylation is 2. The number of nitrogens with one attached hydrogen (secondary N) is 1. The summed E-state index contributed by atoms with van der Waals surface area (Å²) in [6.45, 7) is 4.46. The number of nitrogens with two attached hydrogens (primary N) is 1. The number of hydrazine groups is 1. The second kappa shape index (κ2) is 5.23. The zero-order valence-electron chi connectivity index (χ0n) is 11.7. The van der Waals surface area contributed by atoms with Crippen LogP contribution in [-0.4, -0.2) is 26.6 Å². The standard InChI is InChI=1S/C12H19N7/c1-8-11(17-13)15-9(2)16-12(8)19(4)7-10-14-5-6-18(10)3/h5-6H,7,13H2,1-4H3,(H,15,16,17). The molecule has 0 amide bonds. The van der Waals surface area contributed by atoms with E-state index in [9.17, 15) is 0 Å². The maximum absolute atomic E-state index is 5.47. The highest BCUT2D eigenvalue weighted by atomic mass is 15.3. The van der Waals surface area contributed by atoms with Gasteiger partial charge in [-0.1, -0.05) is 0 Å². The Labute approximate surface area is 112 Å². The molecule has 19 heavy (non-hydrogen) atoms. The predicted molar refractivity (Wildman–Crippen MR) is 74.6 cm³/mol. The highest BCUT2D eigenvalue weighted by Crippen LogP contribution is 2.22. The van der Waals surface area contributed by atoms with Gasteiger partial charge in [0.1, 0.15) is 23.3 Å². The number of hydrogen-bond acceptors (Lipinski definition) is 6. The average molecular weight is 261 g/mol. The molecule has 0 aliphatic carbocycles. The van der Waals surface area contributed by atoms with E-state index in [-0.39, 0.29) is 0 Å². The Morgan fingerprint density at radius 1 is 1.37 bits per heavy atom. The highest BCUT2D eigenvalue weighted by molar-refractivity contribution is 5.57. The van der Waals surface area contributed by atoms with Crippen LogP contribution in [0, 0.1) is 13.8 Å². The summed E-state index contributed by atoms with van der Waals surface area (Å²) in [7, 11) is 3.95. The smallest absolute Gasteiger partial charge is 0.148 e. The van der Waals surface area contributed by atoms with E-state index in [1.54, 1.807) is 6.20 Å². The number of hydrogen-bond donors (Lipinski definition) is 2. The zero-order chi connectivity index (χ0) is 14.0. The SMILES string of the molecule is Cc1nc(NN)c(C)c(N(C)Cc2nccn2C)n1. The van der Waals surface area contributed by atoms with Crippen molar-refractivity contribution >= 4 is 11.6 Å². The van der Waals surface area contributed by atoms with Crippen molar-refractivity contribution in [2.45, 2.75) is 20.4 Å². The van der Waals surface area contributed by atoms with Crippen molar-refractivity contribution < 1.29 is 0 Å². The molecule has 7 heteroatoms. The van der Waals surface area contributed by atoms with Gasteiger partial charge in [-0.3, -0.25) is 0 Å². The van der Waals surface area contributed by atoms with Crippen LogP contribution in [0.15, 0.2) is 12.4 Å². The van der Waals surface area contributed by atoms with Gasteiger partial charge in [-0.25, -0.2) is 20.8 Å². The van der Waals surface area contributed by atoms with Crippen molar-refractivity contribution in [2.75, 3.05) is 17.4 Å². The number of nitrogens with zero attached hydrogens (tertiary/aromatic N) is 5. The van der Waals surface area contributed by atoms with Gasteiger partial charge in [-0.2, -0.15) is 0 Å². The summed E-state index contributed by atoms with van der Waals surface area (Å²) in [5.41, 5.74) is 3.52. The normalized spacial score (nSPS) is 10.6. The summed E-state index contributed by atoms with van der Waals surface area (Å²) < 4.78 is 1.99. The maximum Gasteiger partial charge on any atom is 0.148 e. The number of nitrogen functional groups attached to an aromatic ring is 1. The largest absolute Gasteiger partial charge is 0.352 e. The summed E-state index contributed by atoms with van der Waals surface area (Å²) in [5.74, 6) is 8.62. The van der Waals surface area contributed by atoms with Gasteiger partial charge in [-0.15, -0.1) is 0 Å². The van der Waals surface area contributed by atoms with Crippen molar-refractivity contribution in [3.8, 4) is 0 Å². The fraction of sp³-hybridized carbons (Fsp3) is 0.417. The maximum atomic E-state index is 5.47. The second-order valence-electron chi connectivity index (χ2n) is 4.52. The summed E-state index contributed by atoms with van der Waals surface area (Å²) in [6, 6.07) is 0. The topological polar surface area (TPSA) is 84.9 Å². The van der Waals surface area contributed by atoms with Crippen LogP contribution in [0.2, 0.25) is 0 Å². The number of anilines is 2. The summed E-state index contributed by atoms with van der Waals surface area (Å²) in [5, 5.41) is 0. The molecule has 0 saturated heterocycles. The van der Waals surface area contributed by atoms with E-state index in [1.165, 1.54) is 0 Å². The third kappa shape index (κ3) is 2.65. The first kappa shape index (κ1) is 13.3. The molecule has 2 rings (SSSR count). The van der Waals surface area contributed by atoms with Gasteiger partial charge in [0.05, 0.1) is 6.54 Å². The Bertz CT molecular complexity index is 575. The quantitative estimate of drug-likeness (QED) is 0.624. The van der Waals surface area contributed by atoms with Gasteiger partial charge >= 0.3 is 0 Å². The molecule has 0 spiro atoms. The molecule has 0 aliphatic heterocycles. The molecule has 7 nitrogen and oxygen atoms in total. The first-order chi connectivity index (χ1) is 9.02. The molecule has 0 saturated carbocycles. The third-order valence-corrected chi connectivity index (χ3v) is 3.03. The minimum absolute atomic E-state index is 0.647. The lowest BCUT2D eigenvalue weighted by molar-refractivity contribution is 0.750. The Hall–Kier alpha value is -2.15. The molecular formula is C12H19N7. The minimum Gasteiger partial charge on any atom is -0.352 e. The summed E-state index contributed by atoms with van der Waals surface area (Å²) in [4.78, 5) is 15.1. The zero-order valence-corrected chi connectivity index (χ0v) is 11.7. The molecule has 2 heterocycles. The molecular weight excluding hydrogens is 242 g/mol. The molecule has 0 atom stereocenters. The van der Waals surface area contributed by atoms with E-state index in [4.69, 9.17) is 5.84 Å². The number of imidazole rings is 1. The molecule has 0 aromatic carbocycles. The summed E-state index contributed by atoms with van der Waals surface area (Å²) >= 11 is 0. The molecule has 2 aromatic rings. The monoisotopic (exact) mass is 261 g/mol. The van der Waals surface area contributed by atoms with Crippen LogP contribution in [0.3, 0.4) is 0 Å². The lowest BCUT2D eigenvalue weighted by Crippen LogP contribution is -2.23. The van der Waals surface area contributed by atoms with Crippen LogP contribution in [0.4, 0.5) is 11.6 Å².